The van der Waals surface area contributed by atoms with Crippen molar-refractivity contribution in [3.05, 3.63) is 11.6 Å². The van der Waals surface area contributed by atoms with E-state index in [0.29, 0.717) is 0 Å². The van der Waals surface area contributed by atoms with E-state index in [4.69, 9.17) is 0 Å². The number of rotatable bonds is 1. The molecule has 0 radical (unpaired) electrons. The average Bonchev–Trinajstić information content (AvgIpc) is 2.13. The van der Waals surface area contributed by atoms with E-state index in [0.717, 1.165) is 5.92 Å². The number of allylic oxidation sites excluding steroid dienone is 2. The number of hydrogen-bond acceptors (Lipinski definition) is 0. The predicted molar refractivity (Wildman–Crippen MR) is 37.6 cm³/mol. The Balaban J connectivity index is 2.77. The van der Waals surface area contributed by atoms with Gasteiger partial charge in [0.15, 0.2) is 0 Å². The molecule has 10 heavy (non-hydrogen) atoms. The van der Waals surface area contributed by atoms with Crippen molar-refractivity contribution in [3.63, 3.8) is 0 Å². The molecular weight excluding hydrogens is 464 g/mol. The third-order valence-corrected chi connectivity index (χ3v) is 6.33. The van der Waals surface area contributed by atoms with E-state index < -0.39 is 0 Å². The van der Waals surface area contributed by atoms with Crippen molar-refractivity contribution in [2.45, 2.75) is 20.3 Å². The molecular formula is C8H10W2. The van der Waals surface area contributed by atoms with Crippen LogP contribution in [0, 0.1) is 5.92 Å². The molecule has 0 spiro atoms. The minimum atomic E-state index is 0.756. The van der Waals surface area contributed by atoms with Crippen LogP contribution in [0.4, 0.5) is 0 Å². The summed E-state index contributed by atoms with van der Waals surface area (Å²) in [5, 5.41) is 0. The van der Waals surface area contributed by atoms with Gasteiger partial charge in [-0.25, -0.2) is 0 Å². The van der Waals surface area contributed by atoms with E-state index in [2.05, 4.69) is 19.9 Å². The van der Waals surface area contributed by atoms with E-state index in [9.17, 15) is 0 Å². The Kier molecular flexibility index (Phi) is 3.13. The molecule has 54 valence electrons. The quantitative estimate of drug-likeness (QED) is 0.540. The summed E-state index contributed by atoms with van der Waals surface area (Å²) >= 11 is 3.29. The van der Waals surface area contributed by atoms with E-state index in [1.807, 2.05) is 0 Å². The van der Waals surface area contributed by atoms with Crippen molar-refractivity contribution in [2.75, 3.05) is 0 Å². The van der Waals surface area contributed by atoms with Gasteiger partial charge in [-0.05, 0) is 0 Å². The average molecular weight is 474 g/mol. The molecule has 0 saturated carbocycles. The Morgan fingerprint density at radius 2 is 2.00 bits per heavy atom. The van der Waals surface area contributed by atoms with Gasteiger partial charge in [-0.3, -0.25) is 0 Å². The van der Waals surface area contributed by atoms with Crippen LogP contribution in [-0.2, 0) is 38.7 Å². The van der Waals surface area contributed by atoms with Gasteiger partial charge in [0.25, 0.3) is 0 Å². The zero-order chi connectivity index (χ0) is 7.72. The maximum atomic E-state index is 2.39. The van der Waals surface area contributed by atoms with Crippen LogP contribution >= 0.6 is 0 Å². The van der Waals surface area contributed by atoms with Gasteiger partial charge in [0.05, 0.1) is 0 Å². The maximum absolute atomic E-state index is 2.39. The second-order valence-electron chi connectivity index (χ2n) is 2.84. The van der Waals surface area contributed by atoms with Gasteiger partial charge in [0.2, 0.25) is 0 Å². The van der Waals surface area contributed by atoms with Crippen LogP contribution in [0.15, 0.2) is 11.6 Å². The standard InChI is InChI=1S/C8H10.2W/c1-7(2)8-5-3-4-6-8;;/h5,7H,6H2,1-2H3;;. The molecule has 0 N–H and O–H groups in total. The van der Waals surface area contributed by atoms with E-state index >= 15 is 0 Å². The van der Waals surface area contributed by atoms with Gasteiger partial charge in [-0.2, -0.15) is 0 Å². The third kappa shape index (κ3) is 1.92. The SMILES string of the molecule is CC(C)C1=C[C](=[W])[C](=[W])C1. The van der Waals surface area contributed by atoms with Gasteiger partial charge < -0.3 is 0 Å². The molecule has 0 aliphatic heterocycles. The second-order valence-corrected chi connectivity index (χ2v) is 6.19. The van der Waals surface area contributed by atoms with E-state index in [1.54, 1.807) is 52.1 Å². The van der Waals surface area contributed by atoms with Gasteiger partial charge in [-0.1, -0.05) is 0 Å². The van der Waals surface area contributed by atoms with Crippen LogP contribution in [-0.4, -0.2) is 7.80 Å². The summed E-state index contributed by atoms with van der Waals surface area (Å²) in [6.07, 6.45) is 3.66. The molecule has 1 aliphatic carbocycles. The fourth-order valence-corrected chi connectivity index (χ4v) is 2.56. The molecule has 0 aromatic rings. The minimum absolute atomic E-state index is 0.756. The molecule has 0 nitrogen and oxygen atoms in total. The monoisotopic (exact) mass is 474 g/mol. The van der Waals surface area contributed by atoms with Crippen molar-refractivity contribution in [3.8, 4) is 0 Å². The van der Waals surface area contributed by atoms with Gasteiger partial charge in [-0.15, -0.1) is 0 Å². The molecule has 0 saturated heterocycles. The Hall–Kier alpha value is 0.857. The molecule has 0 fully saturated rings. The molecule has 1 aliphatic rings. The zero-order valence-corrected chi connectivity index (χ0v) is 12.0. The third-order valence-electron chi connectivity index (χ3n) is 1.70. The second kappa shape index (κ2) is 3.50. The van der Waals surface area contributed by atoms with Crippen LogP contribution in [0.3, 0.4) is 0 Å². The summed E-state index contributed by atoms with van der Waals surface area (Å²) < 4.78 is 3.26. The summed E-state index contributed by atoms with van der Waals surface area (Å²) in [5.41, 5.74) is 1.63. The van der Waals surface area contributed by atoms with Gasteiger partial charge >= 0.3 is 84.3 Å². The van der Waals surface area contributed by atoms with Crippen molar-refractivity contribution >= 4 is 7.80 Å². The molecule has 0 amide bonds. The summed E-state index contributed by atoms with van der Waals surface area (Å²) in [6, 6.07) is 0. The summed E-state index contributed by atoms with van der Waals surface area (Å²) in [5.74, 6) is 0.756. The first-order valence-corrected chi connectivity index (χ1v) is 6.32. The van der Waals surface area contributed by atoms with Gasteiger partial charge in [0, 0.05) is 0 Å². The van der Waals surface area contributed by atoms with Crippen molar-refractivity contribution < 1.29 is 38.7 Å². The Morgan fingerprint density at radius 3 is 2.20 bits per heavy atom. The number of hydrogen-bond donors (Lipinski definition) is 0. The first-order chi connectivity index (χ1) is 4.61. The topological polar surface area (TPSA) is 0 Å². The Labute approximate surface area is 83.9 Å². The fourth-order valence-electron chi connectivity index (χ4n) is 0.943. The molecule has 0 aromatic carbocycles. The van der Waals surface area contributed by atoms with E-state index in [1.165, 1.54) is 6.42 Å². The first kappa shape index (κ1) is 8.95. The normalized spacial score (nSPS) is 18.5. The van der Waals surface area contributed by atoms with Crippen LogP contribution in [0.25, 0.3) is 0 Å². The molecule has 0 unspecified atom stereocenters. The van der Waals surface area contributed by atoms with Crippen molar-refractivity contribution in [2.24, 2.45) is 5.92 Å². The summed E-state index contributed by atoms with van der Waals surface area (Å²) in [7, 11) is 0. The summed E-state index contributed by atoms with van der Waals surface area (Å²) in [4.78, 5) is 0. The van der Waals surface area contributed by atoms with Crippen LogP contribution < -0.4 is 0 Å². The molecule has 2 heteroatoms. The fraction of sp³-hybridized carbons (Fsp3) is 0.500. The zero-order valence-electron chi connectivity index (χ0n) is 6.18. The van der Waals surface area contributed by atoms with E-state index in [-0.39, 0.29) is 0 Å². The molecule has 0 heterocycles. The van der Waals surface area contributed by atoms with Gasteiger partial charge in [0.1, 0.15) is 0 Å². The molecule has 1 rings (SSSR count). The Morgan fingerprint density at radius 1 is 1.40 bits per heavy atom. The van der Waals surface area contributed by atoms with Crippen molar-refractivity contribution in [1.82, 2.24) is 0 Å². The Bertz CT molecular complexity index is 211. The van der Waals surface area contributed by atoms with Crippen LogP contribution in [0.5, 0.6) is 0 Å². The van der Waals surface area contributed by atoms with Crippen LogP contribution in [0.1, 0.15) is 20.3 Å². The molecule has 0 atom stereocenters. The van der Waals surface area contributed by atoms with Crippen LogP contribution in [0.2, 0.25) is 0 Å². The molecule has 0 aromatic heterocycles. The molecule has 0 bridgehead atoms. The predicted octanol–water partition coefficient (Wildman–Crippen LogP) is 1.41. The van der Waals surface area contributed by atoms with Crippen molar-refractivity contribution in [1.29, 1.82) is 0 Å². The first-order valence-electron chi connectivity index (χ1n) is 3.39. The summed E-state index contributed by atoms with van der Waals surface area (Å²) in [6.45, 7) is 4.56.